The van der Waals surface area contributed by atoms with Gasteiger partial charge in [0.15, 0.2) is 0 Å². The molecule has 5 nitrogen and oxygen atoms in total. The van der Waals surface area contributed by atoms with Crippen molar-refractivity contribution in [3.05, 3.63) is 10.7 Å². The summed E-state index contributed by atoms with van der Waals surface area (Å²) in [4.78, 5) is 13.3. The monoisotopic (exact) mass is 309 g/mol. The third-order valence-corrected chi connectivity index (χ3v) is 3.52. The molecule has 1 aromatic heterocycles. The van der Waals surface area contributed by atoms with Crippen molar-refractivity contribution < 1.29 is 0 Å². The van der Waals surface area contributed by atoms with Gasteiger partial charge in [0.2, 0.25) is 5.95 Å². The van der Waals surface area contributed by atoms with Gasteiger partial charge in [-0.05, 0) is 15.9 Å². The van der Waals surface area contributed by atoms with Gasteiger partial charge in [0.1, 0.15) is 5.82 Å². The molecular formula is C12H16BrN5. The summed E-state index contributed by atoms with van der Waals surface area (Å²) in [5.74, 6) is 4.26. The number of nitrogens with zero attached hydrogens (tertiary/aromatic N) is 4. The third-order valence-electron chi connectivity index (χ3n) is 2.94. The van der Waals surface area contributed by atoms with Crippen LogP contribution in [-0.4, -0.2) is 54.6 Å². The Kier molecular flexibility index (Phi) is 4.39. The zero-order valence-electron chi connectivity index (χ0n) is 10.4. The van der Waals surface area contributed by atoms with Gasteiger partial charge in [-0.3, -0.25) is 4.90 Å². The predicted octanol–water partition coefficient (Wildman–Crippen LogP) is 1.04. The van der Waals surface area contributed by atoms with Gasteiger partial charge in [-0.25, -0.2) is 4.98 Å². The van der Waals surface area contributed by atoms with E-state index in [1.165, 1.54) is 0 Å². The summed E-state index contributed by atoms with van der Waals surface area (Å²) in [6.07, 6.45) is 7.10. The average Bonchev–Trinajstić information content (AvgIpc) is 2.41. The first-order chi connectivity index (χ1) is 8.74. The molecule has 0 aliphatic carbocycles. The fourth-order valence-electron chi connectivity index (χ4n) is 1.92. The molecule has 1 aliphatic heterocycles. The van der Waals surface area contributed by atoms with Gasteiger partial charge in [0.05, 0.1) is 11.0 Å². The fraction of sp³-hybridized carbons (Fsp3) is 0.500. The molecule has 18 heavy (non-hydrogen) atoms. The highest BCUT2D eigenvalue weighted by atomic mass is 79.9. The van der Waals surface area contributed by atoms with E-state index in [0.29, 0.717) is 0 Å². The van der Waals surface area contributed by atoms with E-state index in [0.717, 1.165) is 49.0 Å². The first kappa shape index (κ1) is 13.1. The number of piperazine rings is 1. The van der Waals surface area contributed by atoms with E-state index < -0.39 is 0 Å². The maximum Gasteiger partial charge on any atom is 0.227 e. The Labute approximate surface area is 116 Å². The first-order valence-corrected chi connectivity index (χ1v) is 6.65. The molecule has 1 N–H and O–H groups in total. The van der Waals surface area contributed by atoms with E-state index in [4.69, 9.17) is 6.42 Å². The van der Waals surface area contributed by atoms with Crippen LogP contribution in [0.15, 0.2) is 10.7 Å². The number of anilines is 2. The standard InChI is InChI=1S/C12H16BrN5/c1-3-4-17-5-7-18(8-6-17)12-15-9-10(13)11(14-2)16-12/h1,9H,4-8H2,2H3,(H,14,15,16). The Morgan fingerprint density at radius 1 is 1.44 bits per heavy atom. The number of terminal acetylenes is 1. The van der Waals surface area contributed by atoms with E-state index in [9.17, 15) is 0 Å². The lowest BCUT2D eigenvalue weighted by Crippen LogP contribution is -2.47. The van der Waals surface area contributed by atoms with Crippen molar-refractivity contribution in [2.24, 2.45) is 0 Å². The van der Waals surface area contributed by atoms with Crippen LogP contribution in [0, 0.1) is 12.3 Å². The summed E-state index contributed by atoms with van der Waals surface area (Å²) in [7, 11) is 1.85. The average molecular weight is 310 g/mol. The zero-order valence-corrected chi connectivity index (χ0v) is 11.9. The third kappa shape index (κ3) is 2.92. The van der Waals surface area contributed by atoms with E-state index in [1.807, 2.05) is 7.05 Å². The van der Waals surface area contributed by atoms with Gasteiger partial charge in [-0.1, -0.05) is 5.92 Å². The molecule has 1 fully saturated rings. The molecule has 96 valence electrons. The molecule has 0 spiro atoms. The van der Waals surface area contributed by atoms with Crippen molar-refractivity contribution >= 4 is 27.7 Å². The Bertz CT molecular complexity index is 448. The predicted molar refractivity (Wildman–Crippen MR) is 76.8 cm³/mol. The molecule has 1 saturated heterocycles. The molecule has 0 radical (unpaired) electrons. The summed E-state index contributed by atoms with van der Waals surface area (Å²) < 4.78 is 0.875. The van der Waals surface area contributed by atoms with Gasteiger partial charge in [0.25, 0.3) is 0 Å². The second kappa shape index (κ2) is 6.03. The van der Waals surface area contributed by atoms with Crippen LogP contribution < -0.4 is 10.2 Å². The second-order valence-electron chi connectivity index (χ2n) is 4.08. The number of hydrogen-bond acceptors (Lipinski definition) is 5. The molecule has 2 rings (SSSR count). The van der Waals surface area contributed by atoms with Crippen LogP contribution in [0.3, 0.4) is 0 Å². The van der Waals surface area contributed by atoms with Crippen molar-refractivity contribution in [2.75, 3.05) is 50.0 Å². The Balaban J connectivity index is 2.03. The number of aromatic nitrogens is 2. The molecule has 0 atom stereocenters. The van der Waals surface area contributed by atoms with E-state index >= 15 is 0 Å². The van der Waals surface area contributed by atoms with Crippen LogP contribution >= 0.6 is 15.9 Å². The van der Waals surface area contributed by atoms with Crippen molar-refractivity contribution in [1.82, 2.24) is 14.9 Å². The Hall–Kier alpha value is -1.32. The molecule has 0 bridgehead atoms. The molecule has 1 aromatic rings. The van der Waals surface area contributed by atoms with Crippen LogP contribution in [0.4, 0.5) is 11.8 Å². The van der Waals surface area contributed by atoms with Crippen LogP contribution in [0.5, 0.6) is 0 Å². The van der Waals surface area contributed by atoms with Gasteiger partial charge in [-0.15, -0.1) is 6.42 Å². The lowest BCUT2D eigenvalue weighted by Gasteiger charge is -2.33. The van der Waals surface area contributed by atoms with Gasteiger partial charge in [0, 0.05) is 39.4 Å². The zero-order chi connectivity index (χ0) is 13.0. The lowest BCUT2D eigenvalue weighted by atomic mass is 10.3. The molecule has 0 amide bonds. The normalized spacial score (nSPS) is 16.4. The summed E-state index contributed by atoms with van der Waals surface area (Å²) in [6.45, 7) is 4.45. The molecule has 6 heteroatoms. The minimum atomic E-state index is 0.719. The highest BCUT2D eigenvalue weighted by Gasteiger charge is 2.18. The maximum atomic E-state index is 5.32. The van der Waals surface area contributed by atoms with Crippen molar-refractivity contribution in [1.29, 1.82) is 0 Å². The van der Waals surface area contributed by atoms with Crippen molar-refractivity contribution in [2.45, 2.75) is 0 Å². The minimum Gasteiger partial charge on any atom is -0.372 e. The highest BCUT2D eigenvalue weighted by molar-refractivity contribution is 9.10. The maximum absolute atomic E-state index is 5.32. The lowest BCUT2D eigenvalue weighted by molar-refractivity contribution is 0.286. The van der Waals surface area contributed by atoms with Crippen molar-refractivity contribution in [3.8, 4) is 12.3 Å². The number of rotatable bonds is 3. The number of halogens is 1. The Morgan fingerprint density at radius 3 is 2.78 bits per heavy atom. The summed E-state index contributed by atoms with van der Waals surface area (Å²) in [5, 5.41) is 3.04. The van der Waals surface area contributed by atoms with E-state index in [1.54, 1.807) is 6.20 Å². The largest absolute Gasteiger partial charge is 0.372 e. The summed E-state index contributed by atoms with van der Waals surface area (Å²) in [5.41, 5.74) is 0. The number of nitrogens with one attached hydrogen (secondary N) is 1. The van der Waals surface area contributed by atoms with Gasteiger partial charge in [-0.2, -0.15) is 4.98 Å². The topological polar surface area (TPSA) is 44.3 Å². The number of hydrogen-bond donors (Lipinski definition) is 1. The molecule has 0 aromatic carbocycles. The van der Waals surface area contributed by atoms with Crippen LogP contribution in [0.2, 0.25) is 0 Å². The highest BCUT2D eigenvalue weighted by Crippen LogP contribution is 2.21. The van der Waals surface area contributed by atoms with Crippen LogP contribution in [0.25, 0.3) is 0 Å². The summed E-state index contributed by atoms with van der Waals surface area (Å²) >= 11 is 3.41. The molecule has 2 heterocycles. The van der Waals surface area contributed by atoms with E-state index in [2.05, 4.69) is 46.9 Å². The first-order valence-electron chi connectivity index (χ1n) is 5.85. The molecule has 0 unspecified atom stereocenters. The molecular weight excluding hydrogens is 294 g/mol. The van der Waals surface area contributed by atoms with Gasteiger partial charge >= 0.3 is 0 Å². The SMILES string of the molecule is C#CCN1CCN(c2ncc(Br)c(NC)n2)CC1. The molecule has 0 saturated carbocycles. The smallest absolute Gasteiger partial charge is 0.227 e. The molecule has 1 aliphatic rings. The van der Waals surface area contributed by atoms with Crippen molar-refractivity contribution in [3.63, 3.8) is 0 Å². The van der Waals surface area contributed by atoms with Crippen LogP contribution in [0.1, 0.15) is 0 Å². The Morgan fingerprint density at radius 2 is 2.17 bits per heavy atom. The van der Waals surface area contributed by atoms with E-state index in [-0.39, 0.29) is 0 Å². The fourth-order valence-corrected chi connectivity index (χ4v) is 2.31. The minimum absolute atomic E-state index is 0.719. The quantitative estimate of drug-likeness (QED) is 0.845. The van der Waals surface area contributed by atoms with Crippen LogP contribution in [-0.2, 0) is 0 Å². The second-order valence-corrected chi connectivity index (χ2v) is 4.94. The van der Waals surface area contributed by atoms with Gasteiger partial charge < -0.3 is 10.2 Å². The summed E-state index contributed by atoms with van der Waals surface area (Å²) in [6, 6.07) is 0.